The molecular formula is C17H22N2OS. The maximum absolute atomic E-state index is 11.5. The lowest BCUT2D eigenvalue weighted by atomic mass is 10.1. The Morgan fingerprint density at radius 1 is 1.29 bits per heavy atom. The Morgan fingerprint density at radius 3 is 2.67 bits per heavy atom. The molecule has 0 aliphatic heterocycles. The smallest absolute Gasteiger partial charge is 0.220 e. The minimum absolute atomic E-state index is 0.159. The lowest BCUT2D eigenvalue weighted by molar-refractivity contribution is -0.121. The average Bonchev–Trinajstić information content (AvgIpc) is 2.92. The van der Waals surface area contributed by atoms with Crippen molar-refractivity contribution in [3.8, 4) is 11.3 Å². The summed E-state index contributed by atoms with van der Waals surface area (Å²) >= 11 is 1.67. The monoisotopic (exact) mass is 302 g/mol. The van der Waals surface area contributed by atoms with Gasteiger partial charge in [-0.2, -0.15) is 0 Å². The minimum atomic E-state index is 0.159. The molecule has 0 spiro atoms. The molecule has 4 heteroatoms. The van der Waals surface area contributed by atoms with Crippen molar-refractivity contribution >= 4 is 17.2 Å². The Kier molecular flexibility index (Phi) is 5.93. The summed E-state index contributed by atoms with van der Waals surface area (Å²) in [4.78, 5) is 16.0. The molecule has 0 fully saturated rings. The van der Waals surface area contributed by atoms with Crippen molar-refractivity contribution in [2.24, 2.45) is 0 Å². The zero-order chi connectivity index (χ0) is 15.1. The molecule has 0 atom stereocenters. The van der Waals surface area contributed by atoms with E-state index in [0.29, 0.717) is 13.0 Å². The lowest BCUT2D eigenvalue weighted by Gasteiger charge is -2.05. The van der Waals surface area contributed by atoms with Crippen molar-refractivity contribution in [1.29, 1.82) is 0 Å². The first-order chi connectivity index (χ1) is 10.2. The molecule has 2 aromatic rings. The summed E-state index contributed by atoms with van der Waals surface area (Å²) in [7, 11) is 0. The molecule has 0 saturated carbocycles. The molecule has 112 valence electrons. The van der Waals surface area contributed by atoms with Crippen LogP contribution in [0.4, 0.5) is 0 Å². The van der Waals surface area contributed by atoms with E-state index in [2.05, 4.69) is 46.9 Å². The maximum atomic E-state index is 11.5. The van der Waals surface area contributed by atoms with Crippen LogP contribution in [0.3, 0.4) is 0 Å². The first-order valence-corrected chi connectivity index (χ1v) is 8.35. The van der Waals surface area contributed by atoms with E-state index in [1.807, 2.05) is 6.92 Å². The summed E-state index contributed by atoms with van der Waals surface area (Å²) in [5.74, 6) is 0.159. The molecule has 1 amide bonds. The van der Waals surface area contributed by atoms with E-state index >= 15 is 0 Å². The van der Waals surface area contributed by atoms with Crippen LogP contribution in [0, 0.1) is 6.92 Å². The number of rotatable bonds is 7. The normalized spacial score (nSPS) is 10.6. The fourth-order valence-electron chi connectivity index (χ4n) is 2.11. The number of nitrogens with one attached hydrogen (secondary N) is 1. The van der Waals surface area contributed by atoms with Gasteiger partial charge in [-0.3, -0.25) is 4.79 Å². The number of unbranched alkanes of at least 4 members (excludes halogenated alkanes) is 1. The number of aromatic nitrogens is 1. The molecule has 0 unspecified atom stereocenters. The van der Waals surface area contributed by atoms with Gasteiger partial charge in [0.2, 0.25) is 5.91 Å². The van der Waals surface area contributed by atoms with Crippen LogP contribution in [0.5, 0.6) is 0 Å². The summed E-state index contributed by atoms with van der Waals surface area (Å²) in [5.41, 5.74) is 3.42. The number of carbonyl (C=O) groups excluding carboxylic acids is 1. The van der Waals surface area contributed by atoms with E-state index in [1.54, 1.807) is 11.3 Å². The number of nitrogens with zero attached hydrogens (tertiary/aromatic N) is 1. The van der Waals surface area contributed by atoms with Crippen molar-refractivity contribution in [2.75, 3.05) is 6.54 Å². The predicted molar refractivity (Wildman–Crippen MR) is 88.5 cm³/mol. The topological polar surface area (TPSA) is 42.0 Å². The number of thiazole rings is 1. The molecule has 2 rings (SSSR count). The molecule has 0 saturated heterocycles. The van der Waals surface area contributed by atoms with Crippen molar-refractivity contribution in [2.45, 2.75) is 39.5 Å². The van der Waals surface area contributed by atoms with Crippen molar-refractivity contribution in [3.63, 3.8) is 0 Å². The highest BCUT2D eigenvalue weighted by Gasteiger charge is 2.03. The van der Waals surface area contributed by atoms with Gasteiger partial charge >= 0.3 is 0 Å². The molecule has 0 bridgehead atoms. The molecule has 0 aliphatic carbocycles. The second-order valence-electron chi connectivity index (χ2n) is 5.15. The second kappa shape index (κ2) is 7.93. The van der Waals surface area contributed by atoms with E-state index < -0.39 is 0 Å². The van der Waals surface area contributed by atoms with Gasteiger partial charge in [-0.05, 0) is 25.3 Å². The number of hydrogen-bond donors (Lipinski definition) is 1. The average molecular weight is 302 g/mol. The van der Waals surface area contributed by atoms with Gasteiger partial charge in [0.05, 0.1) is 10.7 Å². The standard InChI is InChI=1S/C17H22N2OS/c1-3-4-5-17(20)18-11-10-14-6-8-15(9-7-14)16-12-21-13(2)19-16/h6-9,12H,3-5,10-11H2,1-2H3,(H,18,20). The highest BCUT2D eigenvalue weighted by Crippen LogP contribution is 2.21. The highest BCUT2D eigenvalue weighted by atomic mass is 32.1. The SMILES string of the molecule is CCCCC(=O)NCCc1ccc(-c2csc(C)n2)cc1. The molecule has 21 heavy (non-hydrogen) atoms. The molecule has 3 nitrogen and oxygen atoms in total. The summed E-state index contributed by atoms with van der Waals surface area (Å²) in [6, 6.07) is 8.43. The van der Waals surface area contributed by atoms with E-state index in [9.17, 15) is 4.79 Å². The zero-order valence-corrected chi connectivity index (χ0v) is 13.5. The van der Waals surface area contributed by atoms with Gasteiger partial charge in [-0.15, -0.1) is 11.3 Å². The van der Waals surface area contributed by atoms with Gasteiger partial charge in [0.15, 0.2) is 0 Å². The number of aryl methyl sites for hydroxylation is 1. The first-order valence-electron chi connectivity index (χ1n) is 7.47. The lowest BCUT2D eigenvalue weighted by Crippen LogP contribution is -2.25. The Hall–Kier alpha value is -1.68. The van der Waals surface area contributed by atoms with Gasteiger partial charge in [-0.1, -0.05) is 37.6 Å². The van der Waals surface area contributed by atoms with Gasteiger partial charge in [-0.25, -0.2) is 4.98 Å². The molecule has 1 aromatic heterocycles. The zero-order valence-electron chi connectivity index (χ0n) is 12.7. The predicted octanol–water partition coefficient (Wildman–Crippen LogP) is 3.97. The quantitative estimate of drug-likeness (QED) is 0.841. The molecular weight excluding hydrogens is 280 g/mol. The van der Waals surface area contributed by atoms with E-state index in [1.165, 1.54) is 5.56 Å². The van der Waals surface area contributed by atoms with Gasteiger partial charge in [0.25, 0.3) is 0 Å². The van der Waals surface area contributed by atoms with Crippen LogP contribution >= 0.6 is 11.3 Å². The van der Waals surface area contributed by atoms with Crippen molar-refractivity contribution < 1.29 is 4.79 Å². The van der Waals surface area contributed by atoms with Gasteiger partial charge in [0, 0.05) is 23.9 Å². The van der Waals surface area contributed by atoms with Crippen molar-refractivity contribution in [1.82, 2.24) is 10.3 Å². The fourth-order valence-corrected chi connectivity index (χ4v) is 2.73. The van der Waals surface area contributed by atoms with Crippen LogP contribution < -0.4 is 5.32 Å². The van der Waals surface area contributed by atoms with Crippen LogP contribution in [-0.2, 0) is 11.2 Å². The van der Waals surface area contributed by atoms with Crippen LogP contribution in [0.1, 0.15) is 36.8 Å². The molecule has 1 aromatic carbocycles. The van der Waals surface area contributed by atoms with Crippen LogP contribution in [0.15, 0.2) is 29.6 Å². The third-order valence-corrected chi connectivity index (χ3v) is 4.14. The Morgan fingerprint density at radius 2 is 2.05 bits per heavy atom. The molecule has 1 heterocycles. The number of benzene rings is 1. The first kappa shape index (κ1) is 15.7. The van der Waals surface area contributed by atoms with E-state index in [0.717, 1.165) is 35.5 Å². The molecule has 1 N–H and O–H groups in total. The van der Waals surface area contributed by atoms with E-state index in [-0.39, 0.29) is 5.91 Å². The Labute approximate surface area is 130 Å². The minimum Gasteiger partial charge on any atom is -0.356 e. The Bertz CT molecular complexity index is 575. The van der Waals surface area contributed by atoms with Crippen LogP contribution in [0.2, 0.25) is 0 Å². The van der Waals surface area contributed by atoms with Crippen LogP contribution in [0.25, 0.3) is 11.3 Å². The fraction of sp³-hybridized carbons (Fsp3) is 0.412. The third kappa shape index (κ3) is 4.97. The van der Waals surface area contributed by atoms with E-state index in [4.69, 9.17) is 0 Å². The summed E-state index contributed by atoms with van der Waals surface area (Å²) in [5, 5.41) is 6.13. The number of amides is 1. The molecule has 0 aliphatic rings. The second-order valence-corrected chi connectivity index (χ2v) is 6.21. The Balaban J connectivity index is 1.81. The summed E-state index contributed by atoms with van der Waals surface area (Å²) < 4.78 is 0. The van der Waals surface area contributed by atoms with Gasteiger partial charge in [0.1, 0.15) is 0 Å². The number of hydrogen-bond acceptors (Lipinski definition) is 3. The highest BCUT2D eigenvalue weighted by molar-refractivity contribution is 7.09. The molecule has 0 radical (unpaired) electrons. The summed E-state index contributed by atoms with van der Waals surface area (Å²) in [6.45, 7) is 4.82. The largest absolute Gasteiger partial charge is 0.356 e. The van der Waals surface area contributed by atoms with Crippen molar-refractivity contribution in [3.05, 3.63) is 40.2 Å². The van der Waals surface area contributed by atoms with Crippen LogP contribution in [-0.4, -0.2) is 17.4 Å². The third-order valence-electron chi connectivity index (χ3n) is 3.36. The summed E-state index contributed by atoms with van der Waals surface area (Å²) in [6.07, 6.45) is 3.53. The number of carbonyl (C=O) groups is 1. The van der Waals surface area contributed by atoms with Gasteiger partial charge < -0.3 is 5.32 Å². The maximum Gasteiger partial charge on any atom is 0.220 e.